The van der Waals surface area contributed by atoms with Gasteiger partial charge in [-0.05, 0) is 47.4 Å². The topological polar surface area (TPSA) is 9.23 Å². The minimum Gasteiger partial charge on any atom is -0.497 e. The molecular weight excluding hydrogens is 300 g/mol. The van der Waals surface area contributed by atoms with E-state index in [1.807, 2.05) is 23.9 Å². The predicted octanol–water partition coefficient (Wildman–Crippen LogP) is 5.58. The first-order chi connectivity index (χ1) is 11.3. The van der Waals surface area contributed by atoms with Crippen LogP contribution in [0.25, 0.3) is 0 Å². The standard InChI is InChI=1S/C21H20OS/c1-22-20-12-10-17(11-13-20)14-18-6-5-7-19(15-18)16-23-21-8-3-2-4-9-21/h2-13,15H,14,16H2,1H3. The van der Waals surface area contributed by atoms with Crippen molar-refractivity contribution in [3.63, 3.8) is 0 Å². The second kappa shape index (κ2) is 7.89. The first kappa shape index (κ1) is 15.7. The van der Waals surface area contributed by atoms with Gasteiger partial charge in [0.15, 0.2) is 0 Å². The SMILES string of the molecule is COc1ccc(Cc2cccc(CSc3ccccc3)c2)cc1. The molecule has 0 aromatic heterocycles. The molecular formula is C21H20OS. The van der Waals surface area contributed by atoms with Crippen molar-refractivity contribution >= 4 is 11.8 Å². The highest BCUT2D eigenvalue weighted by molar-refractivity contribution is 7.98. The predicted molar refractivity (Wildman–Crippen MR) is 98.2 cm³/mol. The number of hydrogen-bond acceptors (Lipinski definition) is 2. The van der Waals surface area contributed by atoms with Crippen LogP contribution in [0.5, 0.6) is 5.75 Å². The van der Waals surface area contributed by atoms with Crippen molar-refractivity contribution in [2.75, 3.05) is 7.11 Å². The van der Waals surface area contributed by atoms with Gasteiger partial charge in [0.25, 0.3) is 0 Å². The summed E-state index contributed by atoms with van der Waals surface area (Å²) in [4.78, 5) is 1.31. The van der Waals surface area contributed by atoms with E-state index in [1.54, 1.807) is 7.11 Å². The fraction of sp³-hybridized carbons (Fsp3) is 0.143. The van der Waals surface area contributed by atoms with E-state index in [2.05, 4.69) is 66.7 Å². The molecule has 0 heterocycles. The second-order valence-electron chi connectivity index (χ2n) is 5.45. The fourth-order valence-corrected chi connectivity index (χ4v) is 3.35. The van der Waals surface area contributed by atoms with Gasteiger partial charge in [0.05, 0.1) is 7.11 Å². The first-order valence-electron chi connectivity index (χ1n) is 7.72. The van der Waals surface area contributed by atoms with E-state index in [4.69, 9.17) is 4.74 Å². The zero-order chi connectivity index (χ0) is 15.9. The van der Waals surface area contributed by atoms with Crippen molar-refractivity contribution in [3.8, 4) is 5.75 Å². The Morgan fingerprint density at radius 1 is 0.739 bits per heavy atom. The van der Waals surface area contributed by atoms with Gasteiger partial charge in [-0.1, -0.05) is 54.6 Å². The first-order valence-corrected chi connectivity index (χ1v) is 8.70. The van der Waals surface area contributed by atoms with Gasteiger partial charge in [-0.15, -0.1) is 11.8 Å². The van der Waals surface area contributed by atoms with Gasteiger partial charge in [-0.3, -0.25) is 0 Å². The third-order valence-electron chi connectivity index (χ3n) is 3.71. The molecule has 3 aromatic carbocycles. The second-order valence-corrected chi connectivity index (χ2v) is 6.50. The molecule has 0 unspecified atom stereocenters. The van der Waals surface area contributed by atoms with Gasteiger partial charge in [-0.2, -0.15) is 0 Å². The van der Waals surface area contributed by atoms with Crippen molar-refractivity contribution in [3.05, 3.63) is 95.6 Å². The molecule has 3 rings (SSSR count). The number of ether oxygens (including phenoxy) is 1. The zero-order valence-electron chi connectivity index (χ0n) is 13.2. The molecule has 0 N–H and O–H groups in total. The van der Waals surface area contributed by atoms with Gasteiger partial charge in [0, 0.05) is 10.6 Å². The van der Waals surface area contributed by atoms with Crippen LogP contribution in [-0.2, 0) is 12.2 Å². The molecule has 0 saturated heterocycles. The van der Waals surface area contributed by atoms with E-state index in [0.717, 1.165) is 17.9 Å². The van der Waals surface area contributed by atoms with Crippen LogP contribution in [0.15, 0.2) is 83.8 Å². The molecule has 0 amide bonds. The normalized spacial score (nSPS) is 10.5. The van der Waals surface area contributed by atoms with Gasteiger partial charge in [-0.25, -0.2) is 0 Å². The molecule has 0 spiro atoms. The van der Waals surface area contributed by atoms with Crippen molar-refractivity contribution in [1.29, 1.82) is 0 Å². The van der Waals surface area contributed by atoms with Crippen molar-refractivity contribution in [2.24, 2.45) is 0 Å². The molecule has 0 radical (unpaired) electrons. The number of methoxy groups -OCH3 is 1. The maximum Gasteiger partial charge on any atom is 0.118 e. The van der Waals surface area contributed by atoms with Crippen LogP contribution in [0, 0.1) is 0 Å². The number of rotatable bonds is 6. The summed E-state index contributed by atoms with van der Waals surface area (Å²) < 4.78 is 5.21. The Balaban J connectivity index is 1.64. The highest BCUT2D eigenvalue weighted by atomic mass is 32.2. The minimum absolute atomic E-state index is 0.904. The molecule has 1 nitrogen and oxygen atoms in total. The van der Waals surface area contributed by atoms with E-state index in [-0.39, 0.29) is 0 Å². The number of benzene rings is 3. The van der Waals surface area contributed by atoms with Gasteiger partial charge in [0.1, 0.15) is 5.75 Å². The third-order valence-corrected chi connectivity index (χ3v) is 4.79. The Labute approximate surface area is 142 Å². The average molecular weight is 320 g/mol. The Morgan fingerprint density at radius 2 is 1.48 bits per heavy atom. The Hall–Kier alpha value is -2.19. The molecule has 23 heavy (non-hydrogen) atoms. The maximum absolute atomic E-state index is 5.21. The molecule has 0 atom stereocenters. The van der Waals surface area contributed by atoms with Crippen LogP contribution in [0.1, 0.15) is 16.7 Å². The molecule has 0 saturated carbocycles. The highest BCUT2D eigenvalue weighted by Gasteiger charge is 2.01. The van der Waals surface area contributed by atoms with E-state index in [0.29, 0.717) is 0 Å². The van der Waals surface area contributed by atoms with Crippen LogP contribution < -0.4 is 4.74 Å². The summed E-state index contributed by atoms with van der Waals surface area (Å²) in [6.45, 7) is 0. The van der Waals surface area contributed by atoms with Crippen LogP contribution >= 0.6 is 11.8 Å². The van der Waals surface area contributed by atoms with Gasteiger partial charge in [0.2, 0.25) is 0 Å². The van der Waals surface area contributed by atoms with E-state index in [9.17, 15) is 0 Å². The molecule has 2 heteroatoms. The average Bonchev–Trinajstić information content (AvgIpc) is 2.62. The van der Waals surface area contributed by atoms with Crippen LogP contribution in [0.4, 0.5) is 0 Å². The Morgan fingerprint density at radius 3 is 2.22 bits per heavy atom. The lowest BCUT2D eigenvalue weighted by Crippen LogP contribution is -1.91. The summed E-state index contributed by atoms with van der Waals surface area (Å²) >= 11 is 1.88. The van der Waals surface area contributed by atoms with Crippen molar-refractivity contribution in [1.82, 2.24) is 0 Å². The molecule has 0 aliphatic rings. The van der Waals surface area contributed by atoms with Crippen molar-refractivity contribution < 1.29 is 4.74 Å². The van der Waals surface area contributed by atoms with Gasteiger partial charge < -0.3 is 4.74 Å². The summed E-state index contributed by atoms with van der Waals surface area (Å²) in [6, 6.07) is 27.7. The molecule has 0 aliphatic carbocycles. The number of hydrogen-bond donors (Lipinski definition) is 0. The monoisotopic (exact) mass is 320 g/mol. The fourth-order valence-electron chi connectivity index (χ4n) is 2.49. The van der Waals surface area contributed by atoms with Crippen LogP contribution in [0.3, 0.4) is 0 Å². The molecule has 0 bridgehead atoms. The molecule has 0 aliphatic heterocycles. The lowest BCUT2D eigenvalue weighted by molar-refractivity contribution is 0.414. The minimum atomic E-state index is 0.904. The van der Waals surface area contributed by atoms with Crippen molar-refractivity contribution in [2.45, 2.75) is 17.1 Å². The summed E-state index contributed by atoms with van der Waals surface area (Å²) in [7, 11) is 1.70. The van der Waals surface area contributed by atoms with E-state index < -0.39 is 0 Å². The Kier molecular flexibility index (Phi) is 5.38. The largest absolute Gasteiger partial charge is 0.497 e. The zero-order valence-corrected chi connectivity index (χ0v) is 14.1. The van der Waals surface area contributed by atoms with E-state index >= 15 is 0 Å². The van der Waals surface area contributed by atoms with Crippen LogP contribution in [-0.4, -0.2) is 7.11 Å². The van der Waals surface area contributed by atoms with E-state index in [1.165, 1.54) is 21.6 Å². The van der Waals surface area contributed by atoms with Gasteiger partial charge >= 0.3 is 0 Å². The summed E-state index contributed by atoms with van der Waals surface area (Å²) in [5.41, 5.74) is 4.02. The smallest absolute Gasteiger partial charge is 0.118 e. The quantitative estimate of drug-likeness (QED) is 0.548. The lowest BCUT2D eigenvalue weighted by atomic mass is 10.0. The number of thioether (sulfide) groups is 1. The third kappa shape index (κ3) is 4.64. The highest BCUT2D eigenvalue weighted by Crippen LogP contribution is 2.23. The lowest BCUT2D eigenvalue weighted by Gasteiger charge is -2.07. The summed E-state index contributed by atoms with van der Waals surface area (Å²) in [5.74, 6) is 1.90. The summed E-state index contributed by atoms with van der Waals surface area (Å²) in [5, 5.41) is 0. The molecule has 0 fully saturated rings. The Bertz CT molecular complexity index is 735. The molecule has 116 valence electrons. The summed E-state index contributed by atoms with van der Waals surface area (Å²) in [6.07, 6.45) is 0.952. The molecule has 3 aromatic rings. The van der Waals surface area contributed by atoms with Crippen LogP contribution in [0.2, 0.25) is 0 Å². The maximum atomic E-state index is 5.21.